The van der Waals surface area contributed by atoms with Crippen molar-refractivity contribution in [3.8, 4) is 10.9 Å². The first kappa shape index (κ1) is 18.8. The molecule has 6 nitrogen and oxygen atoms in total. The second-order valence-electron chi connectivity index (χ2n) is 6.53. The molecule has 28 heavy (non-hydrogen) atoms. The normalized spacial score (nSPS) is 14.9. The van der Waals surface area contributed by atoms with Crippen molar-refractivity contribution in [1.82, 2.24) is 9.88 Å². The van der Waals surface area contributed by atoms with E-state index in [1.165, 1.54) is 11.3 Å². The molecule has 0 atom stereocenters. The Balaban J connectivity index is 1.32. The molecular weight excluding hydrogens is 398 g/mol. The number of rotatable bonds is 4. The van der Waals surface area contributed by atoms with Gasteiger partial charge in [-0.05, 0) is 24.3 Å². The highest BCUT2D eigenvalue weighted by Gasteiger charge is 2.25. The van der Waals surface area contributed by atoms with Crippen LogP contribution in [0, 0.1) is 0 Å². The molecule has 1 saturated heterocycles. The molecule has 1 aliphatic rings. The highest BCUT2D eigenvalue weighted by Crippen LogP contribution is 2.33. The van der Waals surface area contributed by atoms with Gasteiger partial charge in [0.2, 0.25) is 0 Å². The summed E-state index contributed by atoms with van der Waals surface area (Å²) in [5, 5.41) is 4.18. The summed E-state index contributed by atoms with van der Waals surface area (Å²) in [6, 6.07) is 12.9. The summed E-state index contributed by atoms with van der Waals surface area (Å²) in [7, 11) is 1.60. The van der Waals surface area contributed by atoms with Crippen LogP contribution in [-0.4, -0.2) is 42.2 Å². The van der Waals surface area contributed by atoms with E-state index >= 15 is 0 Å². The molecule has 2 heterocycles. The van der Waals surface area contributed by atoms with Crippen molar-refractivity contribution in [2.45, 2.75) is 18.9 Å². The van der Waals surface area contributed by atoms with Crippen LogP contribution in [0.1, 0.15) is 12.8 Å². The fourth-order valence-electron chi connectivity index (χ4n) is 3.17. The van der Waals surface area contributed by atoms with Crippen molar-refractivity contribution in [2.75, 3.05) is 25.5 Å². The van der Waals surface area contributed by atoms with Gasteiger partial charge in [0.25, 0.3) is 5.19 Å². The minimum Gasteiger partial charge on any atom is -0.497 e. The van der Waals surface area contributed by atoms with Crippen LogP contribution in [0.15, 0.2) is 42.5 Å². The van der Waals surface area contributed by atoms with E-state index in [1.54, 1.807) is 18.1 Å². The lowest BCUT2D eigenvalue weighted by atomic mass is 10.1. The van der Waals surface area contributed by atoms with E-state index in [4.69, 9.17) is 21.1 Å². The number of benzene rings is 2. The zero-order valence-corrected chi connectivity index (χ0v) is 16.9. The van der Waals surface area contributed by atoms with Crippen molar-refractivity contribution in [1.29, 1.82) is 0 Å². The lowest BCUT2D eigenvalue weighted by Gasteiger charge is -2.31. The smallest absolute Gasteiger partial charge is 0.321 e. The summed E-state index contributed by atoms with van der Waals surface area (Å²) in [6.45, 7) is 1.26. The van der Waals surface area contributed by atoms with Gasteiger partial charge in [-0.25, -0.2) is 9.78 Å². The molecule has 0 bridgehead atoms. The van der Waals surface area contributed by atoms with Crippen LogP contribution in [-0.2, 0) is 0 Å². The van der Waals surface area contributed by atoms with Crippen molar-refractivity contribution in [3.05, 3.63) is 47.5 Å². The predicted octanol–water partition coefficient (Wildman–Crippen LogP) is 5.03. The molecule has 1 aliphatic heterocycles. The lowest BCUT2D eigenvalue weighted by molar-refractivity contribution is 0.115. The van der Waals surface area contributed by atoms with Crippen LogP contribution in [0.5, 0.6) is 10.9 Å². The maximum absolute atomic E-state index is 12.5. The van der Waals surface area contributed by atoms with Gasteiger partial charge in [0.05, 0.1) is 16.8 Å². The predicted molar refractivity (Wildman–Crippen MR) is 112 cm³/mol. The Hall–Kier alpha value is -2.51. The second-order valence-corrected chi connectivity index (χ2v) is 7.93. The minimum absolute atomic E-state index is 0.0419. The van der Waals surface area contributed by atoms with E-state index in [-0.39, 0.29) is 12.1 Å². The van der Waals surface area contributed by atoms with Gasteiger partial charge in [-0.2, -0.15) is 0 Å². The molecule has 0 aliphatic carbocycles. The van der Waals surface area contributed by atoms with E-state index < -0.39 is 0 Å². The topological polar surface area (TPSA) is 63.7 Å². The van der Waals surface area contributed by atoms with Gasteiger partial charge < -0.3 is 19.7 Å². The van der Waals surface area contributed by atoms with E-state index in [9.17, 15) is 4.79 Å². The van der Waals surface area contributed by atoms with Crippen molar-refractivity contribution in [2.24, 2.45) is 0 Å². The van der Waals surface area contributed by atoms with Gasteiger partial charge in [0.15, 0.2) is 0 Å². The average molecular weight is 418 g/mol. The molecule has 1 fully saturated rings. The Morgan fingerprint density at radius 2 is 2.04 bits per heavy atom. The molecule has 2 aromatic carbocycles. The summed E-state index contributed by atoms with van der Waals surface area (Å²) in [4.78, 5) is 18.8. The molecule has 0 spiro atoms. The first-order valence-corrected chi connectivity index (χ1v) is 10.2. The third-order valence-corrected chi connectivity index (χ3v) is 5.88. The standard InChI is InChI=1S/C20H20ClN3O3S/c1-26-15-5-2-4-13(12-15)22-19(25)24-10-8-14(9-11-24)27-20-23-18-16(21)6-3-7-17(18)28-20/h2-7,12,14H,8-11H2,1H3,(H,22,25). The first-order chi connectivity index (χ1) is 13.6. The monoisotopic (exact) mass is 417 g/mol. The van der Waals surface area contributed by atoms with Crippen LogP contribution in [0.3, 0.4) is 0 Å². The Kier molecular flexibility index (Phi) is 5.54. The van der Waals surface area contributed by atoms with Crippen molar-refractivity contribution in [3.63, 3.8) is 0 Å². The summed E-state index contributed by atoms with van der Waals surface area (Å²) in [5.74, 6) is 0.709. The fourth-order valence-corrected chi connectivity index (χ4v) is 4.35. The van der Waals surface area contributed by atoms with Crippen LogP contribution in [0.25, 0.3) is 10.2 Å². The molecule has 146 valence electrons. The van der Waals surface area contributed by atoms with Crippen LogP contribution in [0.2, 0.25) is 5.02 Å². The third-order valence-electron chi connectivity index (χ3n) is 4.67. The van der Waals surface area contributed by atoms with Crippen LogP contribution < -0.4 is 14.8 Å². The zero-order valence-electron chi connectivity index (χ0n) is 15.4. The van der Waals surface area contributed by atoms with Gasteiger partial charge in [-0.1, -0.05) is 35.1 Å². The van der Waals surface area contributed by atoms with E-state index in [2.05, 4.69) is 10.3 Å². The number of urea groups is 1. The number of methoxy groups -OCH3 is 1. The number of nitrogens with one attached hydrogen (secondary N) is 1. The Labute approximate surface area is 172 Å². The number of likely N-dealkylation sites (tertiary alicyclic amines) is 1. The van der Waals surface area contributed by atoms with Crippen molar-refractivity contribution >= 4 is 44.9 Å². The maximum Gasteiger partial charge on any atom is 0.321 e. The number of carbonyl (C=O) groups excluding carboxylic acids is 1. The number of piperidine rings is 1. The molecule has 0 radical (unpaired) electrons. The molecule has 3 aromatic rings. The number of hydrogen-bond donors (Lipinski definition) is 1. The average Bonchev–Trinajstić information content (AvgIpc) is 3.12. The van der Waals surface area contributed by atoms with Crippen LogP contribution in [0.4, 0.5) is 10.5 Å². The Morgan fingerprint density at radius 1 is 1.25 bits per heavy atom. The Bertz CT molecular complexity index is 986. The van der Waals surface area contributed by atoms with Gasteiger partial charge in [0, 0.05) is 37.7 Å². The number of ether oxygens (including phenoxy) is 2. The molecule has 8 heteroatoms. The fraction of sp³-hybridized carbons (Fsp3) is 0.300. The molecule has 0 saturated carbocycles. The molecule has 1 aromatic heterocycles. The maximum atomic E-state index is 12.5. The summed E-state index contributed by atoms with van der Waals surface area (Å²) in [6.07, 6.45) is 1.56. The van der Waals surface area contributed by atoms with Crippen LogP contribution >= 0.6 is 22.9 Å². The number of thiazole rings is 1. The number of para-hydroxylation sites is 1. The number of anilines is 1. The number of hydrogen-bond acceptors (Lipinski definition) is 5. The highest BCUT2D eigenvalue weighted by atomic mass is 35.5. The highest BCUT2D eigenvalue weighted by molar-refractivity contribution is 7.20. The summed E-state index contributed by atoms with van der Waals surface area (Å²) >= 11 is 7.68. The van der Waals surface area contributed by atoms with E-state index in [0.29, 0.717) is 34.7 Å². The van der Waals surface area contributed by atoms with Gasteiger partial charge in [0.1, 0.15) is 17.4 Å². The number of fused-ring (bicyclic) bond motifs is 1. The molecule has 1 N–H and O–H groups in total. The minimum atomic E-state index is -0.113. The quantitative estimate of drug-likeness (QED) is 0.646. The zero-order chi connectivity index (χ0) is 19.5. The van der Waals surface area contributed by atoms with E-state index in [0.717, 1.165) is 23.1 Å². The first-order valence-electron chi connectivity index (χ1n) is 9.04. The number of nitrogens with zero attached hydrogens (tertiary/aromatic N) is 2. The third kappa shape index (κ3) is 4.15. The number of carbonyl (C=O) groups is 1. The molecule has 2 amide bonds. The van der Waals surface area contributed by atoms with Crippen molar-refractivity contribution < 1.29 is 14.3 Å². The number of amides is 2. The SMILES string of the molecule is COc1cccc(NC(=O)N2CCC(Oc3nc4c(Cl)cccc4s3)CC2)c1. The largest absolute Gasteiger partial charge is 0.497 e. The Morgan fingerprint density at radius 3 is 2.79 bits per heavy atom. The van der Waals surface area contributed by atoms with Gasteiger partial charge >= 0.3 is 6.03 Å². The van der Waals surface area contributed by atoms with Gasteiger partial charge in [-0.3, -0.25) is 0 Å². The number of halogens is 1. The number of aromatic nitrogens is 1. The summed E-state index contributed by atoms with van der Waals surface area (Å²) in [5.41, 5.74) is 1.49. The molecule has 4 rings (SSSR count). The summed E-state index contributed by atoms with van der Waals surface area (Å²) < 4.78 is 12.2. The second kappa shape index (κ2) is 8.24. The van der Waals surface area contributed by atoms with E-state index in [1.807, 2.05) is 36.4 Å². The lowest BCUT2D eigenvalue weighted by Crippen LogP contribution is -2.43. The van der Waals surface area contributed by atoms with Gasteiger partial charge in [-0.15, -0.1) is 0 Å². The molecule has 0 unspecified atom stereocenters. The molecular formula is C20H20ClN3O3S.